The average Bonchev–Trinajstić information content (AvgIpc) is 2.53. The van der Waals surface area contributed by atoms with Crippen LogP contribution in [0.25, 0.3) is 0 Å². The Bertz CT molecular complexity index is 652. The molecule has 0 radical (unpaired) electrons. The summed E-state index contributed by atoms with van der Waals surface area (Å²) >= 11 is 0. The zero-order valence-electron chi connectivity index (χ0n) is 13.6. The third kappa shape index (κ3) is 4.03. The molecule has 23 heavy (non-hydrogen) atoms. The first-order valence-electron chi connectivity index (χ1n) is 7.79. The maximum Gasteiger partial charge on any atom is 0.241 e. The highest BCUT2D eigenvalue weighted by molar-refractivity contribution is 7.92. The molecule has 0 atom stereocenters. The van der Waals surface area contributed by atoms with Gasteiger partial charge in [0.1, 0.15) is 5.75 Å². The summed E-state index contributed by atoms with van der Waals surface area (Å²) < 4.78 is 28.5. The van der Waals surface area contributed by atoms with E-state index in [1.54, 1.807) is 0 Å². The van der Waals surface area contributed by atoms with Crippen LogP contribution >= 0.6 is 0 Å². The number of hydrogen-bond donors (Lipinski definition) is 2. The summed E-state index contributed by atoms with van der Waals surface area (Å²) in [5.41, 5.74) is 0.877. The maximum absolute atomic E-state index is 12.6. The fourth-order valence-electron chi connectivity index (χ4n) is 2.85. The second-order valence-electron chi connectivity index (χ2n) is 5.78. The first-order valence-corrected chi connectivity index (χ1v) is 9.68. The van der Waals surface area contributed by atoms with Gasteiger partial charge in [-0.1, -0.05) is 12.1 Å². The number of amides is 1. The Kier molecular flexibility index (Phi) is 5.64. The Morgan fingerprint density at radius 2 is 2.04 bits per heavy atom. The van der Waals surface area contributed by atoms with Crippen molar-refractivity contribution in [3.63, 3.8) is 0 Å². The first kappa shape index (κ1) is 17.7. The summed E-state index contributed by atoms with van der Waals surface area (Å²) in [6.45, 7) is 3.81. The lowest BCUT2D eigenvalue weighted by Gasteiger charge is -2.34. The van der Waals surface area contributed by atoms with Crippen molar-refractivity contribution in [2.45, 2.75) is 31.1 Å². The average molecular weight is 340 g/mol. The van der Waals surface area contributed by atoms with Crippen molar-refractivity contribution >= 4 is 15.7 Å². The van der Waals surface area contributed by atoms with Crippen LogP contribution in [-0.2, 0) is 21.2 Å². The van der Waals surface area contributed by atoms with E-state index in [2.05, 4.69) is 10.6 Å². The molecule has 0 saturated carbocycles. The van der Waals surface area contributed by atoms with Crippen LogP contribution in [0.5, 0.6) is 5.75 Å². The second kappa shape index (κ2) is 7.31. The molecule has 6 nitrogen and oxygen atoms in total. The molecule has 0 bridgehead atoms. The van der Waals surface area contributed by atoms with E-state index in [0.717, 1.165) is 17.6 Å². The molecule has 1 heterocycles. The molecular formula is C16H24N2O4S. The number of sulfone groups is 1. The summed E-state index contributed by atoms with van der Waals surface area (Å²) in [6, 6.07) is 7.42. The van der Waals surface area contributed by atoms with E-state index in [0.29, 0.717) is 32.5 Å². The smallest absolute Gasteiger partial charge is 0.241 e. The van der Waals surface area contributed by atoms with Crippen LogP contribution in [0.4, 0.5) is 0 Å². The van der Waals surface area contributed by atoms with Crippen LogP contribution in [-0.4, -0.2) is 45.0 Å². The lowest BCUT2D eigenvalue weighted by Crippen LogP contribution is -2.57. The minimum Gasteiger partial charge on any atom is -0.494 e. The highest BCUT2D eigenvalue weighted by Crippen LogP contribution is 2.28. The number of rotatable bonds is 6. The predicted octanol–water partition coefficient (Wildman–Crippen LogP) is 0.868. The van der Waals surface area contributed by atoms with Crippen LogP contribution in [0.15, 0.2) is 24.3 Å². The molecule has 0 aromatic heterocycles. The van der Waals surface area contributed by atoms with Gasteiger partial charge in [-0.3, -0.25) is 4.79 Å². The van der Waals surface area contributed by atoms with Gasteiger partial charge in [0.25, 0.3) is 0 Å². The van der Waals surface area contributed by atoms with Crippen LogP contribution in [0.3, 0.4) is 0 Å². The summed E-state index contributed by atoms with van der Waals surface area (Å²) in [7, 11) is -3.48. The number of ether oxygens (including phenoxy) is 1. The van der Waals surface area contributed by atoms with Gasteiger partial charge in [-0.15, -0.1) is 0 Å². The summed E-state index contributed by atoms with van der Waals surface area (Å²) in [4.78, 5) is 12.6. The maximum atomic E-state index is 12.6. The van der Waals surface area contributed by atoms with Crippen LogP contribution in [0, 0.1) is 0 Å². The quantitative estimate of drug-likeness (QED) is 0.803. The third-order valence-corrected chi connectivity index (χ3v) is 6.21. The summed E-state index contributed by atoms with van der Waals surface area (Å²) in [5, 5.41) is 5.88. The predicted molar refractivity (Wildman–Crippen MR) is 89.1 cm³/mol. The van der Waals surface area contributed by atoms with Crippen molar-refractivity contribution < 1.29 is 17.9 Å². The van der Waals surface area contributed by atoms with E-state index in [4.69, 9.17) is 4.74 Å². The molecule has 128 valence electrons. The van der Waals surface area contributed by atoms with Gasteiger partial charge in [0.15, 0.2) is 14.6 Å². The van der Waals surface area contributed by atoms with Crippen molar-refractivity contribution in [2.24, 2.45) is 0 Å². The van der Waals surface area contributed by atoms with Crippen molar-refractivity contribution in [1.82, 2.24) is 10.6 Å². The molecule has 0 aliphatic carbocycles. The summed E-state index contributed by atoms with van der Waals surface area (Å²) in [5.74, 6) is 0.322. The number of carbonyl (C=O) groups is 1. The van der Waals surface area contributed by atoms with Gasteiger partial charge in [-0.2, -0.15) is 0 Å². The molecule has 1 fully saturated rings. The van der Waals surface area contributed by atoms with E-state index in [-0.39, 0.29) is 6.54 Å². The van der Waals surface area contributed by atoms with Gasteiger partial charge >= 0.3 is 0 Å². The van der Waals surface area contributed by atoms with Crippen LogP contribution < -0.4 is 15.4 Å². The molecule has 1 saturated heterocycles. The molecule has 1 amide bonds. The fourth-order valence-corrected chi connectivity index (χ4v) is 4.21. The van der Waals surface area contributed by atoms with E-state index < -0.39 is 20.5 Å². The second-order valence-corrected chi connectivity index (χ2v) is 8.11. The van der Waals surface area contributed by atoms with Gasteiger partial charge in [-0.25, -0.2) is 8.42 Å². The minimum absolute atomic E-state index is 0.282. The normalized spacial score (nSPS) is 17.5. The van der Waals surface area contributed by atoms with E-state index in [1.807, 2.05) is 31.2 Å². The highest BCUT2D eigenvalue weighted by atomic mass is 32.2. The molecule has 0 unspecified atom stereocenters. The monoisotopic (exact) mass is 340 g/mol. The Hall–Kier alpha value is -1.60. The minimum atomic E-state index is -3.48. The molecule has 1 aliphatic rings. The number of carbonyl (C=O) groups excluding carboxylic acids is 1. The largest absolute Gasteiger partial charge is 0.494 e. The van der Waals surface area contributed by atoms with Gasteiger partial charge in [0.05, 0.1) is 6.61 Å². The highest BCUT2D eigenvalue weighted by Gasteiger charge is 2.48. The number of benzene rings is 1. The van der Waals surface area contributed by atoms with Crippen molar-refractivity contribution in [3.05, 3.63) is 29.8 Å². The molecule has 0 spiro atoms. The molecule has 1 aromatic carbocycles. The topological polar surface area (TPSA) is 84.5 Å². The Morgan fingerprint density at radius 1 is 1.35 bits per heavy atom. The van der Waals surface area contributed by atoms with Crippen molar-refractivity contribution in [1.29, 1.82) is 0 Å². The molecule has 2 rings (SSSR count). The SMILES string of the molecule is CCOc1cccc(CNC(=O)C2(S(C)(=O)=O)CCNCC2)c1. The van der Waals surface area contributed by atoms with Gasteiger partial charge in [0, 0.05) is 12.8 Å². The molecule has 2 N–H and O–H groups in total. The van der Waals surface area contributed by atoms with Gasteiger partial charge < -0.3 is 15.4 Å². The zero-order valence-corrected chi connectivity index (χ0v) is 14.4. The summed E-state index contributed by atoms with van der Waals surface area (Å²) in [6.07, 6.45) is 1.75. The number of hydrogen-bond acceptors (Lipinski definition) is 5. The Labute approximate surface area is 137 Å². The molecule has 7 heteroatoms. The first-order chi connectivity index (χ1) is 10.9. The Balaban J connectivity index is 2.09. The fraction of sp³-hybridized carbons (Fsp3) is 0.562. The number of nitrogens with one attached hydrogen (secondary N) is 2. The Morgan fingerprint density at radius 3 is 2.65 bits per heavy atom. The van der Waals surface area contributed by atoms with Crippen LogP contribution in [0.2, 0.25) is 0 Å². The van der Waals surface area contributed by atoms with Crippen molar-refractivity contribution in [3.8, 4) is 5.75 Å². The molecular weight excluding hydrogens is 316 g/mol. The number of piperidine rings is 1. The molecule has 1 aromatic rings. The third-order valence-electron chi connectivity index (χ3n) is 4.20. The zero-order chi connectivity index (χ0) is 16.9. The molecule has 1 aliphatic heterocycles. The standard InChI is InChI=1S/C16H24N2O4S/c1-3-22-14-6-4-5-13(11-14)12-18-15(19)16(23(2,20)21)7-9-17-10-8-16/h4-6,11,17H,3,7-10,12H2,1-2H3,(H,18,19). The van der Waals surface area contributed by atoms with Gasteiger partial charge in [-0.05, 0) is 50.6 Å². The lowest BCUT2D eigenvalue weighted by molar-refractivity contribution is -0.124. The van der Waals surface area contributed by atoms with Crippen LogP contribution in [0.1, 0.15) is 25.3 Å². The van der Waals surface area contributed by atoms with E-state index in [9.17, 15) is 13.2 Å². The van der Waals surface area contributed by atoms with E-state index in [1.165, 1.54) is 0 Å². The lowest BCUT2D eigenvalue weighted by atomic mass is 9.95. The van der Waals surface area contributed by atoms with Crippen molar-refractivity contribution in [2.75, 3.05) is 26.0 Å². The van der Waals surface area contributed by atoms with E-state index >= 15 is 0 Å². The van der Waals surface area contributed by atoms with Gasteiger partial charge in [0.2, 0.25) is 5.91 Å².